The molecular formula is C15H19NO4. The maximum Gasteiger partial charge on any atom is 0.303 e. The lowest BCUT2D eigenvalue weighted by molar-refractivity contribution is -0.137. The average molecular weight is 277 g/mol. The first-order valence-corrected chi connectivity index (χ1v) is 6.87. The highest BCUT2D eigenvalue weighted by molar-refractivity contribution is 5.91. The second kappa shape index (κ2) is 6.93. The SMILES string of the molecule is O=C(O)CC[C@@H]1CCCN(C(=O)/C=C/c2ccco2)C1. The van der Waals surface area contributed by atoms with Crippen LogP contribution >= 0.6 is 0 Å². The summed E-state index contributed by atoms with van der Waals surface area (Å²) in [6.07, 6.45) is 7.48. The van der Waals surface area contributed by atoms with Crippen LogP contribution < -0.4 is 0 Å². The maximum absolute atomic E-state index is 12.1. The van der Waals surface area contributed by atoms with E-state index in [2.05, 4.69) is 0 Å². The van der Waals surface area contributed by atoms with Gasteiger partial charge in [-0.1, -0.05) is 0 Å². The van der Waals surface area contributed by atoms with E-state index in [4.69, 9.17) is 9.52 Å². The first-order chi connectivity index (χ1) is 9.65. The molecule has 20 heavy (non-hydrogen) atoms. The number of likely N-dealkylation sites (tertiary alicyclic amines) is 1. The summed E-state index contributed by atoms with van der Waals surface area (Å²) in [5.41, 5.74) is 0. The summed E-state index contributed by atoms with van der Waals surface area (Å²) in [5.74, 6) is 0.131. The molecule has 0 bridgehead atoms. The van der Waals surface area contributed by atoms with Crippen molar-refractivity contribution in [2.75, 3.05) is 13.1 Å². The van der Waals surface area contributed by atoms with E-state index < -0.39 is 5.97 Å². The molecule has 1 amide bonds. The molecule has 0 aromatic carbocycles. The van der Waals surface area contributed by atoms with Crippen molar-refractivity contribution in [3.05, 3.63) is 30.2 Å². The molecule has 5 nitrogen and oxygen atoms in total. The van der Waals surface area contributed by atoms with Crippen LogP contribution in [0.1, 0.15) is 31.4 Å². The number of hydrogen-bond acceptors (Lipinski definition) is 3. The first kappa shape index (κ1) is 14.4. The van der Waals surface area contributed by atoms with Gasteiger partial charge in [0.15, 0.2) is 0 Å². The van der Waals surface area contributed by atoms with E-state index in [0.29, 0.717) is 24.6 Å². The molecule has 1 fully saturated rings. The lowest BCUT2D eigenvalue weighted by Crippen LogP contribution is -2.39. The van der Waals surface area contributed by atoms with Crippen LogP contribution in [-0.2, 0) is 9.59 Å². The van der Waals surface area contributed by atoms with Crippen molar-refractivity contribution in [3.63, 3.8) is 0 Å². The number of nitrogens with zero attached hydrogens (tertiary/aromatic N) is 1. The van der Waals surface area contributed by atoms with Gasteiger partial charge < -0.3 is 14.4 Å². The summed E-state index contributed by atoms with van der Waals surface area (Å²) in [6.45, 7) is 1.39. The lowest BCUT2D eigenvalue weighted by atomic mass is 9.93. The Bertz CT molecular complexity index is 478. The fourth-order valence-corrected chi connectivity index (χ4v) is 2.47. The molecule has 0 unspecified atom stereocenters. The molecule has 0 saturated carbocycles. The molecule has 1 aliphatic rings. The van der Waals surface area contributed by atoms with E-state index in [0.717, 1.165) is 19.4 Å². The van der Waals surface area contributed by atoms with Gasteiger partial charge in [-0.2, -0.15) is 0 Å². The number of furan rings is 1. The molecule has 0 radical (unpaired) electrons. The molecule has 1 aromatic rings. The fraction of sp³-hybridized carbons (Fsp3) is 0.467. The Kier molecular flexibility index (Phi) is 4.98. The summed E-state index contributed by atoms with van der Waals surface area (Å²) in [4.78, 5) is 24.4. The molecule has 0 aliphatic carbocycles. The van der Waals surface area contributed by atoms with Crippen molar-refractivity contribution >= 4 is 18.0 Å². The highest BCUT2D eigenvalue weighted by Gasteiger charge is 2.22. The molecule has 1 aliphatic heterocycles. The molecule has 0 spiro atoms. The highest BCUT2D eigenvalue weighted by atomic mass is 16.4. The number of piperidine rings is 1. The lowest BCUT2D eigenvalue weighted by Gasteiger charge is -2.31. The van der Waals surface area contributed by atoms with Crippen molar-refractivity contribution in [3.8, 4) is 0 Å². The van der Waals surface area contributed by atoms with E-state index in [1.54, 1.807) is 29.4 Å². The third kappa shape index (κ3) is 4.26. The molecule has 2 rings (SSSR count). The van der Waals surface area contributed by atoms with E-state index >= 15 is 0 Å². The second-order valence-electron chi connectivity index (χ2n) is 5.07. The molecular weight excluding hydrogens is 258 g/mol. The maximum atomic E-state index is 12.1. The van der Waals surface area contributed by atoms with Crippen molar-refractivity contribution < 1.29 is 19.1 Å². The molecule has 1 saturated heterocycles. The predicted octanol–water partition coefficient (Wildman–Crippen LogP) is 2.40. The van der Waals surface area contributed by atoms with Gasteiger partial charge in [-0.3, -0.25) is 9.59 Å². The number of hydrogen-bond donors (Lipinski definition) is 1. The third-order valence-electron chi connectivity index (χ3n) is 3.53. The Morgan fingerprint density at radius 2 is 2.35 bits per heavy atom. The van der Waals surface area contributed by atoms with Crippen LogP contribution in [0.5, 0.6) is 0 Å². The normalized spacial score (nSPS) is 19.4. The van der Waals surface area contributed by atoms with E-state index in [-0.39, 0.29) is 12.3 Å². The molecule has 2 heterocycles. The zero-order valence-electron chi connectivity index (χ0n) is 11.3. The van der Waals surface area contributed by atoms with Gasteiger partial charge in [0.2, 0.25) is 5.91 Å². The average Bonchev–Trinajstić information content (AvgIpc) is 2.96. The number of aliphatic carboxylic acids is 1. The Hall–Kier alpha value is -2.04. The summed E-state index contributed by atoms with van der Waals surface area (Å²) in [7, 11) is 0. The molecule has 1 N–H and O–H groups in total. The summed E-state index contributed by atoms with van der Waals surface area (Å²) in [5, 5.41) is 8.71. The Morgan fingerprint density at radius 1 is 1.50 bits per heavy atom. The number of rotatable bonds is 5. The van der Waals surface area contributed by atoms with Crippen LogP contribution in [0.3, 0.4) is 0 Å². The largest absolute Gasteiger partial charge is 0.481 e. The van der Waals surface area contributed by atoms with Gasteiger partial charge in [0.25, 0.3) is 0 Å². The number of carbonyl (C=O) groups is 2. The Labute approximate surface area is 117 Å². The van der Waals surface area contributed by atoms with Crippen LogP contribution in [0.25, 0.3) is 6.08 Å². The minimum Gasteiger partial charge on any atom is -0.481 e. The Morgan fingerprint density at radius 3 is 3.05 bits per heavy atom. The van der Waals surface area contributed by atoms with E-state index in [1.165, 1.54) is 6.08 Å². The number of carbonyl (C=O) groups excluding carboxylic acids is 1. The molecule has 1 atom stereocenters. The van der Waals surface area contributed by atoms with Crippen molar-refractivity contribution in [2.45, 2.75) is 25.7 Å². The van der Waals surface area contributed by atoms with Crippen molar-refractivity contribution in [1.82, 2.24) is 4.90 Å². The molecule has 5 heteroatoms. The molecule has 1 aromatic heterocycles. The summed E-state index contributed by atoms with van der Waals surface area (Å²) in [6, 6.07) is 3.56. The predicted molar refractivity (Wildman–Crippen MR) is 73.9 cm³/mol. The standard InChI is InChI=1S/C15H19NO4/c17-14(7-6-13-4-2-10-20-13)16-9-1-3-12(11-16)5-8-15(18)19/h2,4,6-7,10,12H,1,3,5,8-9,11H2,(H,18,19)/b7-6+/t12-/m0/s1. The number of amides is 1. The summed E-state index contributed by atoms with van der Waals surface area (Å²) >= 11 is 0. The van der Waals surface area contributed by atoms with Crippen molar-refractivity contribution in [1.29, 1.82) is 0 Å². The quantitative estimate of drug-likeness (QED) is 0.839. The summed E-state index contributed by atoms with van der Waals surface area (Å²) < 4.78 is 5.13. The zero-order chi connectivity index (χ0) is 14.4. The van der Waals surface area contributed by atoms with Gasteiger partial charge in [-0.25, -0.2) is 0 Å². The van der Waals surface area contributed by atoms with Gasteiger partial charge in [0.05, 0.1) is 6.26 Å². The first-order valence-electron chi connectivity index (χ1n) is 6.87. The van der Waals surface area contributed by atoms with Gasteiger partial charge >= 0.3 is 5.97 Å². The van der Waals surface area contributed by atoms with Gasteiger partial charge in [-0.15, -0.1) is 0 Å². The van der Waals surface area contributed by atoms with Crippen LogP contribution in [-0.4, -0.2) is 35.0 Å². The van der Waals surface area contributed by atoms with Crippen LogP contribution in [0.2, 0.25) is 0 Å². The smallest absolute Gasteiger partial charge is 0.303 e. The minimum atomic E-state index is -0.772. The minimum absolute atomic E-state index is 0.0403. The van der Waals surface area contributed by atoms with Gasteiger partial charge in [0, 0.05) is 25.6 Å². The van der Waals surface area contributed by atoms with Crippen LogP contribution in [0.15, 0.2) is 28.9 Å². The van der Waals surface area contributed by atoms with Gasteiger partial charge in [-0.05, 0) is 43.4 Å². The fourth-order valence-electron chi connectivity index (χ4n) is 2.47. The Balaban J connectivity index is 1.85. The zero-order valence-corrected chi connectivity index (χ0v) is 11.3. The van der Waals surface area contributed by atoms with Crippen LogP contribution in [0, 0.1) is 5.92 Å². The number of carboxylic acids is 1. The molecule has 108 valence electrons. The van der Waals surface area contributed by atoms with Crippen molar-refractivity contribution in [2.24, 2.45) is 5.92 Å². The third-order valence-corrected chi connectivity index (χ3v) is 3.53. The second-order valence-corrected chi connectivity index (χ2v) is 5.07. The highest BCUT2D eigenvalue weighted by Crippen LogP contribution is 2.21. The van der Waals surface area contributed by atoms with E-state index in [9.17, 15) is 9.59 Å². The topological polar surface area (TPSA) is 70.8 Å². The van der Waals surface area contributed by atoms with Crippen LogP contribution in [0.4, 0.5) is 0 Å². The monoisotopic (exact) mass is 277 g/mol. The number of carboxylic acid groups (broad SMARTS) is 1. The van der Waals surface area contributed by atoms with E-state index in [1.807, 2.05) is 0 Å². The van der Waals surface area contributed by atoms with Gasteiger partial charge in [0.1, 0.15) is 5.76 Å².